The van der Waals surface area contributed by atoms with E-state index in [-0.39, 0.29) is 0 Å². The third-order valence-electron chi connectivity index (χ3n) is 3.00. The topological polar surface area (TPSA) is 38.2 Å². The number of methoxy groups -OCH3 is 1. The molecule has 0 radical (unpaired) electrons. The molecule has 1 aromatic rings. The Labute approximate surface area is 111 Å². The average Bonchev–Trinajstić information content (AvgIpc) is 2.77. The normalized spacial score (nSPS) is 19.9. The molecule has 0 N–H and O–H groups in total. The van der Waals surface area contributed by atoms with Gasteiger partial charge in [-0.25, -0.2) is 9.97 Å². The second-order valence-corrected chi connectivity index (χ2v) is 5.12. The van der Waals surface area contributed by atoms with Gasteiger partial charge >= 0.3 is 0 Å². The third-order valence-corrected chi connectivity index (χ3v) is 3.41. The molecule has 0 spiro atoms. The van der Waals surface area contributed by atoms with Gasteiger partial charge in [0.1, 0.15) is 16.2 Å². The molecule has 1 atom stereocenters. The number of hydrogen-bond donors (Lipinski definition) is 0. The zero-order valence-electron chi connectivity index (χ0n) is 10.3. The van der Waals surface area contributed by atoms with E-state index in [1.807, 2.05) is 6.07 Å². The lowest BCUT2D eigenvalue weighted by molar-refractivity contribution is 0.121. The van der Waals surface area contributed by atoms with Crippen molar-refractivity contribution in [2.45, 2.75) is 32.3 Å². The Morgan fingerprint density at radius 1 is 1.53 bits per heavy atom. The third kappa shape index (κ3) is 3.16. The highest BCUT2D eigenvalue weighted by molar-refractivity contribution is 9.10. The Balaban J connectivity index is 2.15. The predicted octanol–water partition coefficient (Wildman–Crippen LogP) is 2.42. The van der Waals surface area contributed by atoms with Gasteiger partial charge in [0.05, 0.1) is 6.10 Å². The molecule has 0 aliphatic carbocycles. The summed E-state index contributed by atoms with van der Waals surface area (Å²) in [6, 6.07) is 1.98. The van der Waals surface area contributed by atoms with E-state index in [2.05, 4.69) is 37.7 Å². The minimum atomic E-state index is 0.332. The van der Waals surface area contributed by atoms with Crippen LogP contribution in [0.3, 0.4) is 0 Å². The van der Waals surface area contributed by atoms with E-state index in [1.54, 1.807) is 7.11 Å². The van der Waals surface area contributed by atoms with Crippen molar-refractivity contribution in [3.8, 4) is 0 Å². The molecule has 2 heterocycles. The molecule has 5 heteroatoms. The van der Waals surface area contributed by atoms with Crippen molar-refractivity contribution >= 4 is 21.7 Å². The molecule has 94 valence electrons. The summed E-state index contributed by atoms with van der Waals surface area (Å²) in [5.74, 6) is 1.92. The number of nitrogens with zero attached hydrogens (tertiary/aromatic N) is 3. The Morgan fingerprint density at radius 2 is 2.35 bits per heavy atom. The zero-order chi connectivity index (χ0) is 12.3. The molecule has 17 heavy (non-hydrogen) atoms. The lowest BCUT2D eigenvalue weighted by Crippen LogP contribution is -2.23. The lowest BCUT2D eigenvalue weighted by Gasteiger charge is -2.17. The van der Waals surface area contributed by atoms with Gasteiger partial charge in [0.25, 0.3) is 0 Å². The Bertz CT molecular complexity index is 386. The number of ether oxygens (including phenoxy) is 1. The summed E-state index contributed by atoms with van der Waals surface area (Å²) in [6.45, 7) is 4.07. The fraction of sp³-hybridized carbons (Fsp3) is 0.667. The Hall–Kier alpha value is -0.680. The molecule has 1 aliphatic rings. The van der Waals surface area contributed by atoms with Crippen LogP contribution in [0.1, 0.15) is 25.6 Å². The second kappa shape index (κ2) is 5.78. The summed E-state index contributed by atoms with van der Waals surface area (Å²) in [6.07, 6.45) is 3.39. The maximum atomic E-state index is 5.37. The molecule has 1 fully saturated rings. The van der Waals surface area contributed by atoms with Crippen LogP contribution in [0.25, 0.3) is 0 Å². The number of rotatable bonds is 4. The predicted molar refractivity (Wildman–Crippen MR) is 71.4 cm³/mol. The van der Waals surface area contributed by atoms with E-state index < -0.39 is 0 Å². The molecule has 0 saturated carbocycles. The van der Waals surface area contributed by atoms with Gasteiger partial charge in [0.2, 0.25) is 0 Å². The first-order chi connectivity index (χ1) is 8.22. The van der Waals surface area contributed by atoms with Crippen LogP contribution < -0.4 is 4.90 Å². The Kier molecular flexibility index (Phi) is 4.34. The first-order valence-electron chi connectivity index (χ1n) is 6.04. The van der Waals surface area contributed by atoms with Crippen LogP contribution in [-0.2, 0) is 11.2 Å². The van der Waals surface area contributed by atoms with Crippen molar-refractivity contribution in [1.29, 1.82) is 0 Å². The number of aromatic nitrogens is 2. The van der Waals surface area contributed by atoms with Gasteiger partial charge in [0.15, 0.2) is 0 Å². The number of hydrogen-bond acceptors (Lipinski definition) is 4. The second-order valence-electron chi connectivity index (χ2n) is 4.31. The highest BCUT2D eigenvalue weighted by atomic mass is 79.9. The van der Waals surface area contributed by atoms with Crippen molar-refractivity contribution < 1.29 is 4.74 Å². The summed E-state index contributed by atoms with van der Waals surface area (Å²) < 4.78 is 6.24. The highest BCUT2D eigenvalue weighted by Gasteiger charge is 2.23. The van der Waals surface area contributed by atoms with Crippen LogP contribution >= 0.6 is 15.9 Å². The number of halogens is 1. The van der Waals surface area contributed by atoms with E-state index in [0.717, 1.165) is 48.6 Å². The van der Waals surface area contributed by atoms with E-state index in [1.165, 1.54) is 0 Å². The maximum absolute atomic E-state index is 5.37. The monoisotopic (exact) mass is 299 g/mol. The largest absolute Gasteiger partial charge is 0.380 e. The smallest absolute Gasteiger partial charge is 0.133 e. The lowest BCUT2D eigenvalue weighted by atomic mass is 10.3. The van der Waals surface area contributed by atoms with E-state index in [0.29, 0.717) is 6.10 Å². The van der Waals surface area contributed by atoms with E-state index >= 15 is 0 Å². The molecular formula is C12H18BrN3O. The van der Waals surface area contributed by atoms with Crippen molar-refractivity contribution in [2.24, 2.45) is 0 Å². The molecule has 0 bridgehead atoms. The van der Waals surface area contributed by atoms with Gasteiger partial charge in [-0.2, -0.15) is 0 Å². The van der Waals surface area contributed by atoms with E-state index in [4.69, 9.17) is 4.74 Å². The summed E-state index contributed by atoms with van der Waals surface area (Å²) in [4.78, 5) is 11.2. The van der Waals surface area contributed by atoms with Crippen LogP contribution in [-0.4, -0.2) is 36.3 Å². The van der Waals surface area contributed by atoms with Crippen LogP contribution in [0.5, 0.6) is 0 Å². The van der Waals surface area contributed by atoms with E-state index in [9.17, 15) is 0 Å². The zero-order valence-corrected chi connectivity index (χ0v) is 11.9. The standard InChI is InChI=1S/C12H18BrN3O/c1-3-4-11-14-10(13)7-12(15-11)16-6-5-9(8-16)17-2/h7,9H,3-6,8H2,1-2H3. The maximum Gasteiger partial charge on any atom is 0.133 e. The molecule has 4 nitrogen and oxygen atoms in total. The van der Waals surface area contributed by atoms with Crippen molar-refractivity contribution in [3.05, 3.63) is 16.5 Å². The van der Waals surface area contributed by atoms with Crippen molar-refractivity contribution in [3.63, 3.8) is 0 Å². The quantitative estimate of drug-likeness (QED) is 0.800. The van der Waals surface area contributed by atoms with Gasteiger partial charge in [-0.05, 0) is 28.8 Å². The van der Waals surface area contributed by atoms with Crippen molar-refractivity contribution in [2.75, 3.05) is 25.1 Å². The average molecular weight is 300 g/mol. The van der Waals surface area contributed by atoms with Crippen LogP contribution in [0.2, 0.25) is 0 Å². The highest BCUT2D eigenvalue weighted by Crippen LogP contribution is 2.22. The molecule has 1 aromatic heterocycles. The minimum absolute atomic E-state index is 0.332. The summed E-state index contributed by atoms with van der Waals surface area (Å²) in [5, 5.41) is 0. The molecular weight excluding hydrogens is 282 g/mol. The van der Waals surface area contributed by atoms with Gasteiger partial charge in [0, 0.05) is 32.7 Å². The summed E-state index contributed by atoms with van der Waals surface area (Å²) >= 11 is 3.45. The van der Waals surface area contributed by atoms with Crippen LogP contribution in [0.15, 0.2) is 10.7 Å². The van der Waals surface area contributed by atoms with Gasteiger partial charge in [-0.1, -0.05) is 6.92 Å². The molecule has 1 saturated heterocycles. The van der Waals surface area contributed by atoms with Crippen LogP contribution in [0.4, 0.5) is 5.82 Å². The number of anilines is 1. The summed E-state index contributed by atoms with van der Waals surface area (Å²) in [5.41, 5.74) is 0. The molecule has 1 unspecified atom stereocenters. The van der Waals surface area contributed by atoms with Gasteiger partial charge in [-0.15, -0.1) is 0 Å². The van der Waals surface area contributed by atoms with Crippen molar-refractivity contribution in [1.82, 2.24) is 9.97 Å². The fourth-order valence-corrected chi connectivity index (χ4v) is 2.49. The summed E-state index contributed by atoms with van der Waals surface area (Å²) in [7, 11) is 1.77. The van der Waals surface area contributed by atoms with Crippen LogP contribution in [0, 0.1) is 0 Å². The molecule has 2 rings (SSSR count). The Morgan fingerprint density at radius 3 is 3.00 bits per heavy atom. The first-order valence-corrected chi connectivity index (χ1v) is 6.83. The van der Waals surface area contributed by atoms with Gasteiger partial charge < -0.3 is 9.64 Å². The minimum Gasteiger partial charge on any atom is -0.380 e. The molecule has 0 amide bonds. The SMILES string of the molecule is CCCc1nc(Br)cc(N2CCC(OC)C2)n1. The first kappa shape index (κ1) is 12.8. The molecule has 0 aromatic carbocycles. The number of aryl methyl sites for hydroxylation is 1. The van der Waals surface area contributed by atoms with Gasteiger partial charge in [-0.3, -0.25) is 0 Å². The molecule has 1 aliphatic heterocycles. The fourth-order valence-electron chi connectivity index (χ4n) is 2.08.